The molecular formula is C17H34O4Si. The second-order valence-corrected chi connectivity index (χ2v) is 13.4. The van der Waals surface area contributed by atoms with Crippen molar-refractivity contribution in [3.8, 4) is 0 Å². The van der Waals surface area contributed by atoms with Crippen molar-refractivity contribution >= 4 is 8.32 Å². The molecule has 2 fully saturated rings. The molecule has 0 radical (unpaired) electrons. The number of rotatable bonds is 6. The molecule has 2 rings (SSSR count). The lowest BCUT2D eigenvalue weighted by Gasteiger charge is -2.45. The first-order valence-corrected chi connectivity index (χ1v) is 10.9. The number of hydrogen-bond donors (Lipinski definition) is 1. The fourth-order valence-corrected chi connectivity index (χ4v) is 10.6. The molecule has 4 nitrogen and oxygen atoms in total. The third kappa shape index (κ3) is 3.03. The highest BCUT2D eigenvalue weighted by Crippen LogP contribution is 2.48. The van der Waals surface area contributed by atoms with Crippen molar-refractivity contribution in [2.24, 2.45) is 5.92 Å². The predicted molar refractivity (Wildman–Crippen MR) is 90.3 cm³/mol. The molecule has 130 valence electrons. The molecule has 0 aromatic rings. The lowest BCUT2D eigenvalue weighted by Crippen LogP contribution is -2.52. The monoisotopic (exact) mass is 330 g/mol. The van der Waals surface area contributed by atoms with Gasteiger partial charge in [0.1, 0.15) is 6.10 Å². The van der Waals surface area contributed by atoms with Crippen LogP contribution in [0.15, 0.2) is 0 Å². The summed E-state index contributed by atoms with van der Waals surface area (Å²) < 4.78 is 18.3. The van der Waals surface area contributed by atoms with Gasteiger partial charge in [0.15, 0.2) is 6.29 Å². The summed E-state index contributed by atoms with van der Waals surface area (Å²) >= 11 is 0. The van der Waals surface area contributed by atoms with Gasteiger partial charge in [-0.3, -0.25) is 0 Å². The zero-order chi connectivity index (χ0) is 16.7. The van der Waals surface area contributed by atoms with Crippen LogP contribution in [0.25, 0.3) is 0 Å². The molecule has 1 saturated heterocycles. The second kappa shape index (κ2) is 6.89. The van der Waals surface area contributed by atoms with E-state index in [4.69, 9.17) is 13.9 Å². The first kappa shape index (κ1) is 18.4. The van der Waals surface area contributed by atoms with Crippen molar-refractivity contribution in [3.05, 3.63) is 0 Å². The highest BCUT2D eigenvalue weighted by Gasteiger charge is 2.55. The average molecular weight is 331 g/mol. The lowest BCUT2D eigenvalue weighted by molar-refractivity contribution is -0.137. The Morgan fingerprint density at radius 3 is 2.00 bits per heavy atom. The Kier molecular flexibility index (Phi) is 5.76. The van der Waals surface area contributed by atoms with Gasteiger partial charge in [-0.25, -0.2) is 0 Å². The van der Waals surface area contributed by atoms with Gasteiger partial charge in [0.25, 0.3) is 0 Å². The number of methoxy groups -OCH3 is 1. The van der Waals surface area contributed by atoms with Gasteiger partial charge in [0.05, 0.1) is 12.2 Å². The van der Waals surface area contributed by atoms with Crippen molar-refractivity contribution in [2.75, 3.05) is 7.11 Å². The largest absolute Gasteiger partial charge is 0.410 e. The maximum absolute atomic E-state index is 9.72. The van der Waals surface area contributed by atoms with Crippen LogP contribution in [0.5, 0.6) is 0 Å². The summed E-state index contributed by atoms with van der Waals surface area (Å²) in [4.78, 5) is 0. The second-order valence-electron chi connectivity index (χ2n) is 7.96. The van der Waals surface area contributed by atoms with Crippen LogP contribution >= 0.6 is 0 Å². The molecule has 1 N–H and O–H groups in total. The van der Waals surface area contributed by atoms with Crippen molar-refractivity contribution in [1.82, 2.24) is 0 Å². The summed E-state index contributed by atoms with van der Waals surface area (Å²) in [6.45, 7) is 13.9. The topological polar surface area (TPSA) is 47.9 Å². The zero-order valence-electron chi connectivity index (χ0n) is 15.2. The summed E-state index contributed by atoms with van der Waals surface area (Å²) in [5, 5.41) is 9.72. The molecular weight excluding hydrogens is 296 g/mol. The highest BCUT2D eigenvalue weighted by atomic mass is 28.4. The Bertz CT molecular complexity index is 350. The van der Waals surface area contributed by atoms with Gasteiger partial charge in [-0.05, 0) is 29.0 Å². The SMILES string of the molecule is CO[C@@H]1[C@H]2OC(O)C[C@H]2C[C@H]1O[Si](C(C)C)(C(C)C)C(C)C. The smallest absolute Gasteiger partial charge is 0.200 e. The van der Waals surface area contributed by atoms with Gasteiger partial charge in [-0.15, -0.1) is 0 Å². The molecule has 0 spiro atoms. The Labute approximate surface area is 136 Å². The highest BCUT2D eigenvalue weighted by molar-refractivity contribution is 6.77. The van der Waals surface area contributed by atoms with Gasteiger partial charge in [-0.1, -0.05) is 41.5 Å². The van der Waals surface area contributed by atoms with Crippen LogP contribution in [0.2, 0.25) is 16.6 Å². The molecule has 2 aliphatic rings. The van der Waals surface area contributed by atoms with Crippen molar-refractivity contribution in [3.63, 3.8) is 0 Å². The maximum Gasteiger partial charge on any atom is 0.200 e. The summed E-state index contributed by atoms with van der Waals surface area (Å²) in [7, 11) is -0.177. The van der Waals surface area contributed by atoms with Crippen LogP contribution in [0.3, 0.4) is 0 Å². The van der Waals surface area contributed by atoms with E-state index in [0.29, 0.717) is 29.0 Å². The van der Waals surface area contributed by atoms with Crippen molar-refractivity contribution in [1.29, 1.82) is 0 Å². The number of hydrogen-bond acceptors (Lipinski definition) is 4. The maximum atomic E-state index is 9.72. The van der Waals surface area contributed by atoms with E-state index in [1.807, 2.05) is 0 Å². The van der Waals surface area contributed by atoms with Crippen LogP contribution < -0.4 is 0 Å². The molecule has 22 heavy (non-hydrogen) atoms. The number of fused-ring (bicyclic) bond motifs is 1. The molecule has 1 aliphatic heterocycles. The standard InChI is InChI=1S/C17H34O4Si/c1-10(2)22(11(3)4,12(5)6)21-14-8-13-9-15(18)20-16(13)17(14)19-7/h10-18H,8-9H2,1-7H3/t13-,14-,15?,16+,17+/m1/s1. The van der Waals surface area contributed by atoms with Crippen molar-refractivity contribution in [2.45, 2.75) is 95.6 Å². The fourth-order valence-electron chi connectivity index (χ4n) is 5.03. The Morgan fingerprint density at radius 2 is 1.55 bits per heavy atom. The first-order chi connectivity index (χ1) is 10.2. The molecule has 0 aromatic heterocycles. The third-order valence-corrected chi connectivity index (χ3v) is 12.0. The van der Waals surface area contributed by atoms with Gasteiger partial charge < -0.3 is 19.0 Å². The van der Waals surface area contributed by atoms with E-state index >= 15 is 0 Å². The van der Waals surface area contributed by atoms with E-state index < -0.39 is 14.6 Å². The molecule has 1 unspecified atom stereocenters. The Morgan fingerprint density at radius 1 is 1.00 bits per heavy atom. The van der Waals surface area contributed by atoms with Gasteiger partial charge in [0, 0.05) is 13.5 Å². The van der Waals surface area contributed by atoms with Crippen molar-refractivity contribution < 1.29 is 19.0 Å². The third-order valence-electron chi connectivity index (χ3n) is 5.84. The van der Waals surface area contributed by atoms with Gasteiger partial charge in [-0.2, -0.15) is 0 Å². The molecule has 0 amide bonds. The quantitative estimate of drug-likeness (QED) is 0.755. The normalized spacial score (nSPS) is 35.9. The van der Waals surface area contributed by atoms with Crippen LogP contribution in [-0.4, -0.2) is 45.1 Å². The van der Waals surface area contributed by atoms with E-state index in [-0.39, 0.29) is 18.3 Å². The average Bonchev–Trinajstić information content (AvgIpc) is 2.89. The van der Waals surface area contributed by atoms with E-state index in [1.165, 1.54) is 0 Å². The molecule has 0 bridgehead atoms. The lowest BCUT2D eigenvalue weighted by atomic mass is 10.0. The first-order valence-electron chi connectivity index (χ1n) is 8.78. The summed E-state index contributed by atoms with van der Waals surface area (Å²) in [5.41, 5.74) is 1.70. The van der Waals surface area contributed by atoms with E-state index in [1.54, 1.807) is 7.11 Å². The summed E-state index contributed by atoms with van der Waals surface area (Å²) in [5.74, 6) is 0.364. The predicted octanol–water partition coefficient (Wildman–Crippen LogP) is 3.69. The van der Waals surface area contributed by atoms with E-state index in [0.717, 1.165) is 6.42 Å². The van der Waals surface area contributed by atoms with E-state index in [9.17, 15) is 5.11 Å². The Hall–Kier alpha value is 0.0569. The zero-order valence-corrected chi connectivity index (χ0v) is 16.2. The summed E-state index contributed by atoms with van der Waals surface area (Å²) in [6.07, 6.45) is 1.07. The molecule has 0 aromatic carbocycles. The molecule has 1 heterocycles. The van der Waals surface area contributed by atoms with Crippen LogP contribution in [0, 0.1) is 5.92 Å². The summed E-state index contributed by atoms with van der Waals surface area (Å²) in [6, 6.07) is 0. The number of ether oxygens (including phenoxy) is 2. The Balaban J connectivity index is 2.20. The minimum Gasteiger partial charge on any atom is -0.410 e. The van der Waals surface area contributed by atoms with Crippen LogP contribution in [0.1, 0.15) is 54.4 Å². The molecule has 1 aliphatic carbocycles. The molecule has 5 atom stereocenters. The number of aliphatic hydroxyl groups excluding tert-OH is 1. The van der Waals surface area contributed by atoms with E-state index in [2.05, 4.69) is 41.5 Å². The molecule has 5 heteroatoms. The fraction of sp³-hybridized carbons (Fsp3) is 1.00. The van der Waals surface area contributed by atoms with Crippen LogP contribution in [-0.2, 0) is 13.9 Å². The number of aliphatic hydroxyl groups is 1. The minimum absolute atomic E-state index is 0.0109. The van der Waals surface area contributed by atoms with Gasteiger partial charge in [0.2, 0.25) is 8.32 Å². The minimum atomic E-state index is -1.91. The van der Waals surface area contributed by atoms with Gasteiger partial charge >= 0.3 is 0 Å². The molecule has 1 saturated carbocycles. The van der Waals surface area contributed by atoms with Crippen LogP contribution in [0.4, 0.5) is 0 Å².